The van der Waals surface area contributed by atoms with Crippen LogP contribution < -0.4 is 32.7 Å². The summed E-state index contributed by atoms with van der Waals surface area (Å²) in [4.78, 5) is 90.7. The minimum atomic E-state index is -0.869. The second-order valence-corrected chi connectivity index (χ2v) is 39.7. The van der Waals surface area contributed by atoms with Crippen molar-refractivity contribution in [3.63, 3.8) is 0 Å². The van der Waals surface area contributed by atoms with Gasteiger partial charge in [0, 0.05) is 105 Å². The van der Waals surface area contributed by atoms with Gasteiger partial charge in [0.25, 0.3) is 0 Å². The van der Waals surface area contributed by atoms with E-state index in [0.717, 1.165) is 169 Å². The summed E-state index contributed by atoms with van der Waals surface area (Å²) in [7, 11) is 8.75. The Morgan fingerprint density at radius 2 is 0.634 bits per heavy atom. The second-order valence-electron chi connectivity index (χ2n) is 35.4. The Morgan fingerprint density at radius 3 is 0.943 bits per heavy atom. The average molecular weight is 1730 g/mol. The summed E-state index contributed by atoms with van der Waals surface area (Å²) in [6.45, 7) is 3.53. The Labute approximate surface area is 736 Å². The predicted octanol–water partition coefficient (Wildman–Crippen LogP) is 17.5. The first-order valence-electron chi connectivity index (χ1n) is 44.6. The van der Waals surface area contributed by atoms with Gasteiger partial charge in [-0.2, -0.15) is 0 Å². The summed E-state index contributed by atoms with van der Waals surface area (Å²) in [6, 6.07) is 35.0. The zero-order valence-corrected chi connectivity index (χ0v) is 74.5. The number of aliphatic hydroxyl groups is 1. The maximum atomic E-state index is 11.4. The molecule has 4 aromatic carbocycles. The molecule has 0 radical (unpaired) electrons. The predicted molar refractivity (Wildman–Crippen MR) is 498 cm³/mol. The standard InChI is InChI=1S/2C24H29N5OS.C24H28N4O2S.C24H30N4OS/c1-29(13-15-4-2-5-16(12-15)22(25)30)18-10-8-17(9-11-18)28-23-21-19-6-3-7-20(19)31-24(21)27-14-26-23;1-29(13-15-5-7-16(8-6-15)22(25)30)18-11-9-17(10-12-18)28-23-21-19-3-2-4-20(19)31-24(21)27-14-26-23;1-28(13-15-4-2-5-16(12-15)24(29)30)18-10-8-17(9-11-18)27-22-21-19-6-3-7-20(19)31-23(21)26-14-25-22;1-28(13-16-4-2-5-17(12-16)14-29)19-10-8-18(9-11-19)27-23-22-20-6-3-7-21(20)30-24(22)26-15-25-23/h2,4-5,12,14,17-18H,3,6-11,13H2,1H3,(H2,25,30)(H,26,27,28);5-8,14,17-18H,2-4,9-13H2,1H3,(H2,25,30)(H,26,27,28);2,4-5,12,14,17-18H,3,6-11,13H2,1H3,(H,29,30)(H,25,26,27);2,4-5,12,15,18-19,29H,3,6-11,13-14H2,1H3,(H,25,26,27). The first kappa shape index (κ1) is 85.6. The zero-order valence-electron chi connectivity index (χ0n) is 71.3. The lowest BCUT2D eigenvalue weighted by Gasteiger charge is -2.35. The Hall–Kier alpha value is -9.55. The van der Waals surface area contributed by atoms with Crippen LogP contribution in [-0.4, -0.2) is 164 Å². The molecule has 8 aliphatic carbocycles. The number of nitrogens with zero attached hydrogens (tertiary/aromatic N) is 12. The fourth-order valence-electron chi connectivity index (χ4n) is 20.5. The molecule has 27 heteroatoms. The Morgan fingerprint density at radius 1 is 0.350 bits per heavy atom. The molecule has 644 valence electrons. The molecule has 123 heavy (non-hydrogen) atoms. The van der Waals surface area contributed by atoms with E-state index in [1.54, 1.807) is 43.5 Å². The van der Waals surface area contributed by atoms with Gasteiger partial charge in [-0.1, -0.05) is 60.7 Å². The molecular weight excluding hydrogens is 1610 g/mol. The van der Waals surface area contributed by atoms with Crippen molar-refractivity contribution < 1.29 is 24.6 Å². The van der Waals surface area contributed by atoms with Gasteiger partial charge < -0.3 is 42.9 Å². The lowest BCUT2D eigenvalue weighted by molar-refractivity contribution is 0.0696. The fraction of sp³-hybridized carbons (Fsp3) is 0.469. The zero-order chi connectivity index (χ0) is 84.6. The van der Waals surface area contributed by atoms with Gasteiger partial charge in [-0.05, 0) is 294 Å². The van der Waals surface area contributed by atoms with Gasteiger partial charge in [0.05, 0.1) is 33.7 Å². The molecule has 8 aromatic heterocycles. The highest BCUT2D eigenvalue weighted by molar-refractivity contribution is 7.20. The van der Waals surface area contributed by atoms with Gasteiger partial charge in [0.2, 0.25) is 11.8 Å². The molecule has 0 bridgehead atoms. The van der Waals surface area contributed by atoms with E-state index in [1.165, 1.54) is 171 Å². The van der Waals surface area contributed by atoms with Crippen LogP contribution in [0.3, 0.4) is 0 Å². The van der Waals surface area contributed by atoms with Gasteiger partial charge >= 0.3 is 5.97 Å². The fourth-order valence-corrected chi connectivity index (χ4v) is 25.4. The van der Waals surface area contributed by atoms with Crippen molar-refractivity contribution in [2.24, 2.45) is 11.5 Å². The smallest absolute Gasteiger partial charge is 0.335 e. The number of hydrogen-bond donors (Lipinski definition) is 8. The van der Waals surface area contributed by atoms with Crippen LogP contribution in [-0.2, 0) is 84.2 Å². The third kappa shape index (κ3) is 20.2. The lowest BCUT2D eigenvalue weighted by atomic mass is 9.90. The van der Waals surface area contributed by atoms with Gasteiger partial charge in [-0.3, -0.25) is 29.2 Å². The molecule has 0 unspecified atom stereocenters. The molecule has 4 fully saturated rings. The number of benzene rings is 4. The Bertz CT molecular complexity index is 5530. The van der Waals surface area contributed by atoms with E-state index < -0.39 is 5.97 Å². The topological polar surface area (TPSA) is 308 Å². The van der Waals surface area contributed by atoms with Crippen molar-refractivity contribution in [3.8, 4) is 0 Å². The molecule has 2 amide bonds. The number of fused-ring (bicyclic) bond motifs is 12. The van der Waals surface area contributed by atoms with Crippen LogP contribution in [0, 0.1) is 0 Å². The molecule has 8 aliphatic rings. The van der Waals surface area contributed by atoms with E-state index in [4.69, 9.17) is 11.5 Å². The monoisotopic (exact) mass is 1730 g/mol. The van der Waals surface area contributed by atoms with Crippen LogP contribution in [0.1, 0.15) is 229 Å². The molecule has 8 heterocycles. The van der Waals surface area contributed by atoms with E-state index in [9.17, 15) is 24.6 Å². The number of nitrogens with one attached hydrogen (secondary N) is 4. The van der Waals surface area contributed by atoms with Crippen molar-refractivity contribution >= 4 is 127 Å². The third-order valence-electron chi connectivity index (χ3n) is 27.2. The van der Waals surface area contributed by atoms with Gasteiger partial charge in [0.1, 0.15) is 67.9 Å². The number of aryl methyl sites for hydroxylation is 8. The number of aromatic nitrogens is 8. The second kappa shape index (κ2) is 39.3. The summed E-state index contributed by atoms with van der Waals surface area (Å²) < 4.78 is 0. The maximum absolute atomic E-state index is 11.4. The average Bonchev–Trinajstić information content (AvgIpc) is 1.64. The highest BCUT2D eigenvalue weighted by atomic mass is 32.1. The molecule has 4 saturated carbocycles. The molecule has 12 aromatic rings. The van der Waals surface area contributed by atoms with Crippen molar-refractivity contribution in [2.75, 3.05) is 49.5 Å². The van der Waals surface area contributed by atoms with Crippen molar-refractivity contribution in [2.45, 2.75) is 261 Å². The number of aromatic carboxylic acids is 1. The Balaban J connectivity index is 0.000000116. The Kier molecular flexibility index (Phi) is 27.4. The van der Waals surface area contributed by atoms with E-state index in [2.05, 4.69) is 127 Å². The van der Waals surface area contributed by atoms with Gasteiger partial charge in [-0.25, -0.2) is 44.7 Å². The molecule has 20 rings (SSSR count). The quantitative estimate of drug-likeness (QED) is 0.0279. The number of anilines is 4. The number of amides is 2. The number of hydrogen-bond acceptors (Lipinski definition) is 24. The van der Waals surface area contributed by atoms with Gasteiger partial charge in [0.15, 0.2) is 0 Å². The molecule has 0 spiro atoms. The highest BCUT2D eigenvalue weighted by Crippen LogP contribution is 2.45. The molecule has 0 saturated heterocycles. The minimum Gasteiger partial charge on any atom is -0.478 e. The molecule has 23 nitrogen and oxygen atoms in total. The van der Waals surface area contributed by atoms with Crippen molar-refractivity contribution in [1.82, 2.24) is 59.5 Å². The number of thiophene rings is 4. The first-order chi connectivity index (χ1) is 59.9. The number of carbonyl (C=O) groups excluding carboxylic acids is 2. The van der Waals surface area contributed by atoms with E-state index in [-0.39, 0.29) is 18.4 Å². The summed E-state index contributed by atoms with van der Waals surface area (Å²) >= 11 is 7.38. The molecule has 0 aliphatic heterocycles. The van der Waals surface area contributed by atoms with Crippen molar-refractivity contribution in [1.29, 1.82) is 0 Å². The number of carboxylic acids is 1. The summed E-state index contributed by atoms with van der Waals surface area (Å²) in [5, 5.41) is 38.7. The number of primary amides is 2. The van der Waals surface area contributed by atoms with Crippen LogP contribution in [0.15, 0.2) is 122 Å². The van der Waals surface area contributed by atoms with E-state index in [1.807, 2.05) is 106 Å². The molecule has 10 N–H and O–H groups in total. The van der Waals surface area contributed by atoms with Crippen LogP contribution in [0.5, 0.6) is 0 Å². The highest BCUT2D eigenvalue weighted by Gasteiger charge is 2.33. The number of aliphatic hydroxyl groups excluding tert-OH is 1. The van der Waals surface area contributed by atoms with Crippen LogP contribution in [0.25, 0.3) is 40.9 Å². The number of carbonyl (C=O) groups is 3. The molecule has 0 atom stereocenters. The van der Waals surface area contributed by atoms with E-state index in [0.29, 0.717) is 65.0 Å². The number of nitrogens with two attached hydrogens (primary N) is 2. The normalized spacial score (nSPS) is 21.0. The molecular formula is C96H116N18O5S4. The number of carboxylic acid groups (broad SMARTS) is 1. The first-order valence-corrected chi connectivity index (χ1v) is 47.9. The van der Waals surface area contributed by atoms with Gasteiger partial charge in [-0.15, -0.1) is 45.3 Å². The summed E-state index contributed by atoms with van der Waals surface area (Å²) in [6.07, 6.45) is 39.7. The van der Waals surface area contributed by atoms with Crippen LogP contribution in [0.2, 0.25) is 0 Å². The summed E-state index contributed by atoms with van der Waals surface area (Å²) in [5.41, 5.74) is 23.9. The SMILES string of the molecule is CN(Cc1ccc(C(N)=O)cc1)C1CCC(Nc2ncnc3sc4c(c23)CCC4)CC1.CN(Cc1cccc(C(=O)O)c1)C1CCC(Nc2ncnc3sc4c(c23)CCC4)CC1.CN(Cc1cccc(C(N)=O)c1)C1CCC(Nc2ncnc3sc4c(c23)CCC4)CC1.CN(Cc1cccc(CO)c1)C1CCC(Nc2ncnc3sc4c(c23)CCC4)CC1. The third-order valence-corrected chi connectivity index (χ3v) is 32.0. The maximum Gasteiger partial charge on any atom is 0.335 e. The minimum absolute atomic E-state index is 0.109. The van der Waals surface area contributed by atoms with Crippen molar-refractivity contribution in [3.05, 3.63) is 209 Å². The van der Waals surface area contributed by atoms with Crippen LogP contribution in [0.4, 0.5) is 23.3 Å². The number of rotatable bonds is 24. The largest absolute Gasteiger partial charge is 0.478 e. The van der Waals surface area contributed by atoms with Crippen LogP contribution >= 0.6 is 45.3 Å². The lowest BCUT2D eigenvalue weighted by Crippen LogP contribution is -2.38. The van der Waals surface area contributed by atoms with E-state index >= 15 is 0 Å². The summed E-state index contributed by atoms with van der Waals surface area (Å²) in [5.74, 6) is 2.53.